The van der Waals surface area contributed by atoms with Gasteiger partial charge in [0.1, 0.15) is 11.6 Å². The lowest BCUT2D eigenvalue weighted by Gasteiger charge is -2.32. The van der Waals surface area contributed by atoms with Crippen molar-refractivity contribution in [2.45, 2.75) is 26.2 Å². The van der Waals surface area contributed by atoms with E-state index in [2.05, 4.69) is 17.9 Å². The van der Waals surface area contributed by atoms with Crippen molar-refractivity contribution in [1.29, 1.82) is 0 Å². The minimum absolute atomic E-state index is 0.252. The molecule has 0 spiro atoms. The number of piperidine rings is 1. The molecule has 4 aromatic rings. The Bertz CT molecular complexity index is 1250. The highest BCUT2D eigenvalue weighted by Gasteiger charge is 2.23. The van der Waals surface area contributed by atoms with Gasteiger partial charge in [-0.05, 0) is 68.1 Å². The molecule has 0 bridgehead atoms. The maximum atomic E-state index is 13.3. The predicted octanol–water partition coefficient (Wildman–Crippen LogP) is 4.50. The van der Waals surface area contributed by atoms with Crippen molar-refractivity contribution in [2.75, 3.05) is 36.5 Å². The molecule has 2 N–H and O–H groups in total. The third-order valence-corrected chi connectivity index (χ3v) is 7.17. The molecule has 4 heterocycles. The van der Waals surface area contributed by atoms with Crippen molar-refractivity contribution >= 4 is 33.8 Å². The van der Waals surface area contributed by atoms with Crippen LogP contribution in [0.4, 0.5) is 21.2 Å². The van der Waals surface area contributed by atoms with E-state index in [1.54, 1.807) is 23.5 Å². The van der Waals surface area contributed by atoms with Crippen LogP contribution < -0.4 is 15.5 Å². The third kappa shape index (κ3) is 4.18. The van der Waals surface area contributed by atoms with Gasteiger partial charge in [-0.3, -0.25) is 0 Å². The molecule has 9 heteroatoms. The van der Waals surface area contributed by atoms with E-state index in [0.717, 1.165) is 65.3 Å². The Balaban J connectivity index is 1.50. The minimum Gasteiger partial charge on any atom is -0.355 e. The Morgan fingerprint density at radius 3 is 2.76 bits per heavy atom. The van der Waals surface area contributed by atoms with Crippen LogP contribution in [0.25, 0.3) is 16.9 Å². The Morgan fingerprint density at radius 2 is 2.00 bits per heavy atom. The number of fused-ring (bicyclic) bond motifs is 1. The molecule has 0 saturated carbocycles. The summed E-state index contributed by atoms with van der Waals surface area (Å²) in [7, 11) is 2.00. The summed E-state index contributed by atoms with van der Waals surface area (Å²) in [5.41, 5.74) is 9.45. The summed E-state index contributed by atoms with van der Waals surface area (Å²) in [4.78, 5) is 14.0. The highest BCUT2D eigenvalue weighted by atomic mass is 32.1. The zero-order valence-electron chi connectivity index (χ0n) is 18.9. The molecule has 172 valence electrons. The van der Waals surface area contributed by atoms with E-state index in [1.165, 1.54) is 18.6 Å². The second kappa shape index (κ2) is 9.07. The Labute approximate surface area is 196 Å². The lowest BCUT2D eigenvalue weighted by Crippen LogP contribution is -2.39. The van der Waals surface area contributed by atoms with Crippen molar-refractivity contribution < 1.29 is 4.39 Å². The quantitative estimate of drug-likeness (QED) is 0.452. The SMILES string of the molecule is CCc1nc2ccc(N3CCCC(CN)C3)nn2c1N(C)c1nc(-c2ccc(F)cc2)cs1. The van der Waals surface area contributed by atoms with Crippen LogP contribution in [0, 0.1) is 11.7 Å². The summed E-state index contributed by atoms with van der Waals surface area (Å²) in [5.74, 6) is 2.12. The largest absolute Gasteiger partial charge is 0.355 e. The number of rotatable bonds is 6. The van der Waals surface area contributed by atoms with Gasteiger partial charge in [-0.15, -0.1) is 16.4 Å². The summed E-state index contributed by atoms with van der Waals surface area (Å²) in [6.07, 6.45) is 3.09. The van der Waals surface area contributed by atoms with Crippen LogP contribution in [-0.4, -0.2) is 46.3 Å². The number of nitrogens with zero attached hydrogens (tertiary/aromatic N) is 6. The van der Waals surface area contributed by atoms with Gasteiger partial charge in [0, 0.05) is 31.1 Å². The fraction of sp³-hybridized carbons (Fsp3) is 0.375. The number of anilines is 3. The lowest BCUT2D eigenvalue weighted by molar-refractivity contribution is 0.421. The molecule has 0 aliphatic carbocycles. The maximum Gasteiger partial charge on any atom is 0.191 e. The fourth-order valence-corrected chi connectivity index (χ4v) is 5.23. The van der Waals surface area contributed by atoms with Gasteiger partial charge < -0.3 is 15.5 Å². The second-order valence-corrected chi connectivity index (χ2v) is 9.30. The smallest absolute Gasteiger partial charge is 0.191 e. The van der Waals surface area contributed by atoms with Crippen LogP contribution in [0.2, 0.25) is 0 Å². The molecule has 1 saturated heterocycles. The monoisotopic (exact) mass is 465 g/mol. The zero-order chi connectivity index (χ0) is 22.9. The molecule has 7 nitrogen and oxygen atoms in total. The highest BCUT2D eigenvalue weighted by molar-refractivity contribution is 7.14. The minimum atomic E-state index is -0.252. The summed E-state index contributed by atoms with van der Waals surface area (Å²) >= 11 is 1.55. The summed E-state index contributed by atoms with van der Waals surface area (Å²) < 4.78 is 15.2. The number of thiazole rings is 1. The first kappa shape index (κ1) is 21.8. The first-order valence-corrected chi connectivity index (χ1v) is 12.2. The molecular weight excluding hydrogens is 437 g/mol. The van der Waals surface area contributed by atoms with Crippen LogP contribution in [0.3, 0.4) is 0 Å². The Hall–Kier alpha value is -3.04. The average Bonchev–Trinajstić information content (AvgIpc) is 3.49. The zero-order valence-corrected chi connectivity index (χ0v) is 19.7. The number of aromatic nitrogens is 4. The van der Waals surface area contributed by atoms with E-state index in [1.807, 2.05) is 27.9 Å². The first-order valence-electron chi connectivity index (χ1n) is 11.4. The van der Waals surface area contributed by atoms with E-state index in [9.17, 15) is 4.39 Å². The number of hydrogen-bond acceptors (Lipinski definition) is 7. The molecule has 0 amide bonds. The van der Waals surface area contributed by atoms with Crippen molar-refractivity contribution in [3.8, 4) is 11.3 Å². The molecule has 1 atom stereocenters. The average molecular weight is 466 g/mol. The van der Waals surface area contributed by atoms with Crippen LogP contribution in [0.15, 0.2) is 41.8 Å². The Morgan fingerprint density at radius 1 is 1.18 bits per heavy atom. The second-order valence-electron chi connectivity index (χ2n) is 8.47. The van der Waals surface area contributed by atoms with E-state index < -0.39 is 0 Å². The van der Waals surface area contributed by atoms with E-state index in [-0.39, 0.29) is 5.82 Å². The van der Waals surface area contributed by atoms with Gasteiger partial charge in [0.05, 0.1) is 11.4 Å². The highest BCUT2D eigenvalue weighted by Crippen LogP contribution is 2.34. The van der Waals surface area contributed by atoms with Gasteiger partial charge in [-0.25, -0.2) is 14.4 Å². The summed E-state index contributed by atoms with van der Waals surface area (Å²) in [5, 5.41) is 7.82. The topological polar surface area (TPSA) is 75.6 Å². The van der Waals surface area contributed by atoms with Crippen LogP contribution >= 0.6 is 11.3 Å². The molecule has 33 heavy (non-hydrogen) atoms. The third-order valence-electron chi connectivity index (χ3n) is 6.26. The molecule has 1 unspecified atom stereocenters. The van der Waals surface area contributed by atoms with Crippen LogP contribution in [0.1, 0.15) is 25.5 Å². The van der Waals surface area contributed by atoms with E-state index in [4.69, 9.17) is 20.8 Å². The normalized spacial score (nSPS) is 16.5. The van der Waals surface area contributed by atoms with Gasteiger partial charge in [0.2, 0.25) is 0 Å². The van der Waals surface area contributed by atoms with Gasteiger partial charge in [0.25, 0.3) is 0 Å². The number of halogens is 1. The molecular formula is C24H28FN7S. The molecule has 1 fully saturated rings. The molecule has 1 aliphatic heterocycles. The number of hydrogen-bond donors (Lipinski definition) is 1. The molecule has 5 rings (SSSR count). The standard InChI is InChI=1S/C24H28FN7S/c1-3-19-23(30(2)24-28-20(15-33-24)17-6-8-18(25)9-7-17)32-21(27-19)10-11-22(29-32)31-12-4-5-16(13-26)14-31/h6-11,15-16H,3-5,12-14,26H2,1-2H3. The van der Waals surface area contributed by atoms with Crippen molar-refractivity contribution in [3.05, 3.63) is 53.3 Å². The molecule has 3 aromatic heterocycles. The van der Waals surface area contributed by atoms with Gasteiger partial charge in [0.15, 0.2) is 16.6 Å². The summed E-state index contributed by atoms with van der Waals surface area (Å²) in [6.45, 7) is 4.73. The summed E-state index contributed by atoms with van der Waals surface area (Å²) in [6, 6.07) is 10.5. The first-order chi connectivity index (χ1) is 16.1. The van der Waals surface area contributed by atoms with Crippen LogP contribution in [-0.2, 0) is 6.42 Å². The van der Waals surface area contributed by atoms with Gasteiger partial charge in [-0.2, -0.15) is 4.52 Å². The van der Waals surface area contributed by atoms with Crippen molar-refractivity contribution in [2.24, 2.45) is 11.7 Å². The van der Waals surface area contributed by atoms with Gasteiger partial charge in [-0.1, -0.05) is 6.92 Å². The van der Waals surface area contributed by atoms with Crippen molar-refractivity contribution in [1.82, 2.24) is 19.6 Å². The van der Waals surface area contributed by atoms with E-state index in [0.29, 0.717) is 12.5 Å². The van der Waals surface area contributed by atoms with Crippen molar-refractivity contribution in [3.63, 3.8) is 0 Å². The van der Waals surface area contributed by atoms with Gasteiger partial charge >= 0.3 is 0 Å². The fourth-order valence-electron chi connectivity index (χ4n) is 4.43. The Kier molecular flexibility index (Phi) is 5.99. The molecule has 1 aromatic carbocycles. The van der Waals surface area contributed by atoms with E-state index >= 15 is 0 Å². The number of nitrogens with two attached hydrogens (primary N) is 1. The molecule has 0 radical (unpaired) electrons. The number of imidazole rings is 1. The number of aryl methyl sites for hydroxylation is 1. The lowest BCUT2D eigenvalue weighted by atomic mass is 9.98. The molecule has 1 aliphatic rings. The predicted molar refractivity (Wildman–Crippen MR) is 132 cm³/mol. The maximum absolute atomic E-state index is 13.3. The number of benzene rings is 1. The van der Waals surface area contributed by atoms with Crippen LogP contribution in [0.5, 0.6) is 0 Å².